The van der Waals surface area contributed by atoms with Crippen molar-refractivity contribution in [1.29, 1.82) is 0 Å². The summed E-state index contributed by atoms with van der Waals surface area (Å²) in [5.41, 5.74) is 0. The van der Waals surface area contributed by atoms with Crippen LogP contribution in [-0.2, 0) is 19.2 Å². The molecule has 0 bridgehead atoms. The Morgan fingerprint density at radius 2 is 0.571 bits per heavy atom. The molecule has 0 spiro atoms. The Morgan fingerprint density at radius 1 is 0.524 bits per heavy atom. The molecule has 128 valence electrons. The van der Waals surface area contributed by atoms with E-state index in [2.05, 4.69) is 0 Å². The monoisotopic (exact) mass is 312 g/mol. The van der Waals surface area contributed by atoms with Crippen molar-refractivity contribution in [3.63, 3.8) is 0 Å². The molecule has 21 heavy (non-hydrogen) atoms. The lowest BCUT2D eigenvalue weighted by molar-refractivity contribution is -0.137. The van der Waals surface area contributed by atoms with Crippen LogP contribution < -0.4 is 0 Å². The van der Waals surface area contributed by atoms with Crippen molar-refractivity contribution in [3.8, 4) is 0 Å². The summed E-state index contributed by atoms with van der Waals surface area (Å²) in [5, 5.41) is 30.9. The van der Waals surface area contributed by atoms with Gasteiger partial charge in [0.15, 0.2) is 0 Å². The van der Waals surface area contributed by atoms with Crippen molar-refractivity contribution in [2.45, 2.75) is 60.8 Å². The van der Waals surface area contributed by atoms with E-state index >= 15 is 0 Å². The lowest BCUT2D eigenvalue weighted by atomic mass is 10.5. The van der Waals surface area contributed by atoms with E-state index < -0.39 is 23.9 Å². The minimum Gasteiger partial charge on any atom is -0.481 e. The van der Waals surface area contributed by atoms with Gasteiger partial charge in [-0.3, -0.25) is 19.2 Å². The summed E-state index contributed by atoms with van der Waals surface area (Å²) in [6.45, 7) is 6.40. The Bertz CT molecular complexity index is 217. The highest BCUT2D eigenvalue weighted by molar-refractivity contribution is 5.66. The highest BCUT2D eigenvalue weighted by Gasteiger charge is 1.82. The van der Waals surface area contributed by atoms with Gasteiger partial charge in [0, 0.05) is 25.7 Å². The van der Waals surface area contributed by atoms with E-state index in [9.17, 15) is 19.2 Å². The number of rotatable bonds is 4. The molecule has 0 aromatic rings. The quantitative estimate of drug-likeness (QED) is 0.618. The minimum absolute atomic E-state index is 0. The third kappa shape index (κ3) is 130. The summed E-state index contributed by atoms with van der Waals surface area (Å²) in [5.74, 6) is -2.98. The molecule has 0 amide bonds. The molecule has 0 unspecified atom stereocenters. The van der Waals surface area contributed by atoms with Crippen molar-refractivity contribution < 1.29 is 39.6 Å². The van der Waals surface area contributed by atoms with E-state index in [1.165, 1.54) is 0 Å². The van der Waals surface area contributed by atoms with E-state index in [1.54, 1.807) is 27.7 Å². The molecular formula is C13H28O8. The third-order valence-electron chi connectivity index (χ3n) is 1.21. The Balaban J connectivity index is -0.0000000533. The lowest BCUT2D eigenvalue weighted by Gasteiger charge is -1.71. The molecule has 0 aliphatic carbocycles. The minimum atomic E-state index is -0.745. The van der Waals surface area contributed by atoms with Gasteiger partial charge in [-0.25, -0.2) is 0 Å². The van der Waals surface area contributed by atoms with Crippen molar-refractivity contribution in [2.24, 2.45) is 0 Å². The lowest BCUT2D eigenvalue weighted by Crippen LogP contribution is -1.86. The van der Waals surface area contributed by atoms with Crippen LogP contribution in [0.2, 0.25) is 0 Å². The van der Waals surface area contributed by atoms with E-state index in [0.29, 0.717) is 0 Å². The average Bonchev–Trinajstić information content (AvgIpc) is 2.40. The zero-order chi connectivity index (χ0) is 17.1. The van der Waals surface area contributed by atoms with Crippen LogP contribution in [0.5, 0.6) is 0 Å². The maximum atomic E-state index is 9.37. The van der Waals surface area contributed by atoms with Crippen molar-refractivity contribution in [3.05, 3.63) is 0 Å². The van der Waals surface area contributed by atoms with Crippen molar-refractivity contribution in [1.82, 2.24) is 0 Å². The fourth-order valence-electron chi connectivity index (χ4n) is 0. The zero-order valence-corrected chi connectivity index (χ0v) is 12.3. The average molecular weight is 312 g/mol. The number of aliphatic carboxylic acids is 4. The molecule has 4 N–H and O–H groups in total. The molecule has 8 heteroatoms. The molecule has 0 rings (SSSR count). The summed E-state index contributed by atoms with van der Waals surface area (Å²) < 4.78 is 0. The summed E-state index contributed by atoms with van der Waals surface area (Å²) in [6.07, 6.45) is 0.889. The van der Waals surface area contributed by atoms with Crippen LogP contribution in [0.4, 0.5) is 0 Å². The molecule has 0 saturated heterocycles. The predicted molar refractivity (Wildman–Crippen MR) is 78.4 cm³/mol. The topological polar surface area (TPSA) is 149 Å². The molecule has 8 nitrogen and oxygen atoms in total. The SMILES string of the molecule is C.CCC(=O)O.CCC(=O)O.CCC(=O)O.CCC(=O)O. The molecule has 0 heterocycles. The van der Waals surface area contributed by atoms with Crippen LogP contribution in [0, 0.1) is 0 Å². The van der Waals surface area contributed by atoms with Gasteiger partial charge < -0.3 is 20.4 Å². The maximum absolute atomic E-state index is 9.37. The summed E-state index contributed by atoms with van der Waals surface area (Å²) in [6, 6.07) is 0. The highest BCUT2D eigenvalue weighted by Crippen LogP contribution is 1.68. The molecule has 0 aromatic heterocycles. The van der Waals surface area contributed by atoms with Crippen LogP contribution in [0.25, 0.3) is 0 Å². The van der Waals surface area contributed by atoms with Crippen molar-refractivity contribution in [2.75, 3.05) is 0 Å². The number of carbonyl (C=O) groups is 4. The molecule has 0 fully saturated rings. The standard InChI is InChI=1S/4C3H6O2.CH4/c4*1-2-3(4)5;/h4*2H2,1H3,(H,4,5);1H4. The Morgan fingerprint density at radius 3 is 0.571 bits per heavy atom. The summed E-state index contributed by atoms with van der Waals surface area (Å²) in [7, 11) is 0. The number of hydrogen-bond acceptors (Lipinski definition) is 4. The smallest absolute Gasteiger partial charge is 0.303 e. The first-order chi connectivity index (χ1) is 9.08. The van der Waals surface area contributed by atoms with Gasteiger partial charge in [0.2, 0.25) is 0 Å². The second-order valence-corrected chi connectivity index (χ2v) is 2.99. The number of hydrogen-bond donors (Lipinski definition) is 4. The summed E-state index contributed by atoms with van der Waals surface area (Å²) >= 11 is 0. The molecule has 0 radical (unpaired) electrons. The molecule has 0 aliphatic heterocycles. The Labute approximate surface area is 125 Å². The number of carboxylic acid groups (broad SMARTS) is 4. The normalized spacial score (nSPS) is 7.05. The first-order valence-corrected chi connectivity index (χ1v) is 5.95. The van der Waals surface area contributed by atoms with Crippen LogP contribution in [-0.4, -0.2) is 44.3 Å². The van der Waals surface area contributed by atoms with Gasteiger partial charge in [0.1, 0.15) is 0 Å². The summed E-state index contributed by atoms with van der Waals surface area (Å²) in [4.78, 5) is 37.5. The van der Waals surface area contributed by atoms with Gasteiger partial charge in [-0.1, -0.05) is 35.1 Å². The van der Waals surface area contributed by atoms with Crippen LogP contribution in [0.3, 0.4) is 0 Å². The van der Waals surface area contributed by atoms with E-state index in [-0.39, 0.29) is 33.1 Å². The van der Waals surface area contributed by atoms with Gasteiger partial charge in [-0.05, 0) is 0 Å². The molecule has 0 aromatic carbocycles. The van der Waals surface area contributed by atoms with E-state index in [0.717, 1.165) is 0 Å². The maximum Gasteiger partial charge on any atom is 0.303 e. The molecule has 0 atom stereocenters. The van der Waals surface area contributed by atoms with E-state index in [1.807, 2.05) is 0 Å². The first-order valence-electron chi connectivity index (χ1n) is 5.95. The van der Waals surface area contributed by atoms with Gasteiger partial charge in [0.05, 0.1) is 0 Å². The van der Waals surface area contributed by atoms with Gasteiger partial charge in [-0.2, -0.15) is 0 Å². The fraction of sp³-hybridized carbons (Fsp3) is 0.692. The molecule has 0 aliphatic rings. The van der Waals surface area contributed by atoms with E-state index in [4.69, 9.17) is 20.4 Å². The largest absolute Gasteiger partial charge is 0.481 e. The van der Waals surface area contributed by atoms with Crippen LogP contribution >= 0.6 is 0 Å². The zero-order valence-electron chi connectivity index (χ0n) is 12.3. The Hall–Kier alpha value is -2.12. The van der Waals surface area contributed by atoms with Gasteiger partial charge in [0.25, 0.3) is 0 Å². The number of carboxylic acids is 4. The van der Waals surface area contributed by atoms with Crippen molar-refractivity contribution >= 4 is 23.9 Å². The second-order valence-electron chi connectivity index (χ2n) is 2.99. The van der Waals surface area contributed by atoms with Gasteiger partial charge >= 0.3 is 23.9 Å². The highest BCUT2D eigenvalue weighted by atomic mass is 16.4. The third-order valence-corrected chi connectivity index (χ3v) is 1.21. The van der Waals surface area contributed by atoms with Crippen LogP contribution in [0.1, 0.15) is 60.8 Å². The Kier molecular flexibility index (Phi) is 39.5. The second kappa shape index (κ2) is 26.4. The first kappa shape index (κ1) is 31.3. The van der Waals surface area contributed by atoms with Crippen LogP contribution in [0.15, 0.2) is 0 Å². The molecule has 0 saturated carbocycles. The van der Waals surface area contributed by atoms with Gasteiger partial charge in [-0.15, -0.1) is 0 Å². The predicted octanol–water partition coefficient (Wildman–Crippen LogP) is 2.56. The molecular weight excluding hydrogens is 284 g/mol. The fourth-order valence-corrected chi connectivity index (χ4v) is 0.